The summed E-state index contributed by atoms with van der Waals surface area (Å²) in [5.41, 5.74) is 2.67. The van der Waals surface area contributed by atoms with Gasteiger partial charge in [0.15, 0.2) is 0 Å². The number of benzene rings is 2. The molecule has 2 rings (SSSR count). The summed E-state index contributed by atoms with van der Waals surface area (Å²) < 4.78 is 5.06. The molecule has 0 aliphatic rings. The zero-order chi connectivity index (χ0) is 18.2. The first kappa shape index (κ1) is 18.4. The fourth-order valence-corrected chi connectivity index (χ4v) is 2.44. The summed E-state index contributed by atoms with van der Waals surface area (Å²) in [6.07, 6.45) is 1.41. The van der Waals surface area contributed by atoms with E-state index in [1.165, 1.54) is 13.3 Å². The van der Waals surface area contributed by atoms with E-state index in [1.54, 1.807) is 18.2 Å². The SMILES string of the molecule is COc1ccc(NC(=O)/C(C#N)=C\NCc2cccc(C)c2)cc1Cl. The van der Waals surface area contributed by atoms with Crippen LogP contribution >= 0.6 is 11.6 Å². The number of amides is 1. The molecule has 0 atom stereocenters. The second kappa shape index (κ2) is 8.76. The number of rotatable bonds is 6. The first-order chi connectivity index (χ1) is 12.0. The number of nitrogens with zero attached hydrogens (tertiary/aromatic N) is 1. The summed E-state index contributed by atoms with van der Waals surface area (Å²) >= 11 is 6.02. The number of nitrogens with one attached hydrogen (secondary N) is 2. The minimum absolute atomic E-state index is 0.0282. The second-order valence-corrected chi connectivity index (χ2v) is 5.75. The van der Waals surface area contributed by atoms with Gasteiger partial charge in [0.1, 0.15) is 17.4 Å². The van der Waals surface area contributed by atoms with E-state index in [2.05, 4.69) is 10.6 Å². The number of hydrogen-bond donors (Lipinski definition) is 2. The lowest BCUT2D eigenvalue weighted by Crippen LogP contribution is -2.16. The standard InChI is InChI=1S/C19H18ClN3O2/c1-13-4-3-5-14(8-13)11-22-12-15(10-21)19(24)23-16-6-7-18(25-2)17(20)9-16/h3-9,12,22H,11H2,1-2H3,(H,23,24)/b15-12-. The third kappa shape index (κ3) is 5.27. The molecule has 0 radical (unpaired) electrons. The molecule has 0 saturated heterocycles. The van der Waals surface area contributed by atoms with Gasteiger partial charge in [0.25, 0.3) is 5.91 Å². The Morgan fingerprint density at radius 3 is 2.76 bits per heavy atom. The number of anilines is 1. The molecule has 0 fully saturated rings. The van der Waals surface area contributed by atoms with E-state index < -0.39 is 5.91 Å². The van der Waals surface area contributed by atoms with Crippen molar-refractivity contribution in [2.24, 2.45) is 0 Å². The summed E-state index contributed by atoms with van der Waals surface area (Å²) in [6.45, 7) is 2.53. The maximum absolute atomic E-state index is 12.2. The number of carbonyl (C=O) groups excluding carboxylic acids is 1. The highest BCUT2D eigenvalue weighted by atomic mass is 35.5. The van der Waals surface area contributed by atoms with E-state index in [9.17, 15) is 10.1 Å². The maximum atomic E-state index is 12.2. The largest absolute Gasteiger partial charge is 0.495 e. The highest BCUT2D eigenvalue weighted by Crippen LogP contribution is 2.27. The molecule has 2 N–H and O–H groups in total. The van der Waals surface area contributed by atoms with Crippen molar-refractivity contribution in [2.45, 2.75) is 13.5 Å². The van der Waals surface area contributed by atoms with Crippen LogP contribution in [0.5, 0.6) is 5.75 Å². The number of halogens is 1. The quantitative estimate of drug-likeness (QED) is 0.610. The Morgan fingerprint density at radius 1 is 1.32 bits per heavy atom. The van der Waals surface area contributed by atoms with Gasteiger partial charge in [-0.15, -0.1) is 0 Å². The monoisotopic (exact) mass is 355 g/mol. The van der Waals surface area contributed by atoms with Crippen LogP contribution in [0.4, 0.5) is 5.69 Å². The van der Waals surface area contributed by atoms with Crippen LogP contribution in [0.25, 0.3) is 0 Å². The van der Waals surface area contributed by atoms with Crippen LogP contribution in [0.1, 0.15) is 11.1 Å². The molecule has 0 heterocycles. The highest BCUT2D eigenvalue weighted by molar-refractivity contribution is 6.32. The molecule has 2 aromatic carbocycles. The van der Waals surface area contributed by atoms with E-state index in [4.69, 9.17) is 16.3 Å². The summed E-state index contributed by atoms with van der Waals surface area (Å²) in [7, 11) is 1.51. The Bertz CT molecular complexity index is 841. The molecular formula is C19H18ClN3O2. The highest BCUT2D eigenvalue weighted by Gasteiger charge is 2.10. The van der Waals surface area contributed by atoms with Crippen LogP contribution in [0.2, 0.25) is 5.02 Å². The maximum Gasteiger partial charge on any atom is 0.267 e. The van der Waals surface area contributed by atoms with Crippen molar-refractivity contribution in [1.29, 1.82) is 5.26 Å². The van der Waals surface area contributed by atoms with Crippen molar-refractivity contribution >= 4 is 23.2 Å². The number of methoxy groups -OCH3 is 1. The van der Waals surface area contributed by atoms with Gasteiger partial charge >= 0.3 is 0 Å². The zero-order valence-corrected chi connectivity index (χ0v) is 14.7. The van der Waals surface area contributed by atoms with Gasteiger partial charge in [-0.3, -0.25) is 4.79 Å². The Kier molecular flexibility index (Phi) is 6.44. The fourth-order valence-electron chi connectivity index (χ4n) is 2.18. The van der Waals surface area contributed by atoms with Crippen LogP contribution in [-0.2, 0) is 11.3 Å². The van der Waals surface area contributed by atoms with Gasteiger partial charge in [-0.1, -0.05) is 41.4 Å². The summed E-state index contributed by atoms with van der Waals surface area (Å²) in [6, 6.07) is 14.7. The number of ether oxygens (including phenoxy) is 1. The molecule has 0 bridgehead atoms. The zero-order valence-electron chi connectivity index (χ0n) is 14.0. The van der Waals surface area contributed by atoms with Crippen LogP contribution in [0, 0.1) is 18.3 Å². The van der Waals surface area contributed by atoms with E-state index in [1.807, 2.05) is 37.3 Å². The smallest absolute Gasteiger partial charge is 0.267 e. The number of nitriles is 1. The van der Waals surface area contributed by atoms with Gasteiger partial charge < -0.3 is 15.4 Å². The summed E-state index contributed by atoms with van der Waals surface area (Å²) in [5, 5.41) is 15.2. The van der Waals surface area contributed by atoms with Crippen molar-refractivity contribution in [1.82, 2.24) is 5.32 Å². The van der Waals surface area contributed by atoms with Crippen molar-refractivity contribution < 1.29 is 9.53 Å². The topological polar surface area (TPSA) is 74.1 Å². The second-order valence-electron chi connectivity index (χ2n) is 5.34. The lowest BCUT2D eigenvalue weighted by Gasteiger charge is -2.08. The summed E-state index contributed by atoms with van der Waals surface area (Å²) in [4.78, 5) is 12.2. The van der Waals surface area contributed by atoms with Gasteiger partial charge in [0.05, 0.1) is 12.1 Å². The molecule has 0 aromatic heterocycles. The molecule has 25 heavy (non-hydrogen) atoms. The van der Waals surface area contributed by atoms with Crippen molar-refractivity contribution in [3.63, 3.8) is 0 Å². The molecule has 0 unspecified atom stereocenters. The summed E-state index contributed by atoms with van der Waals surface area (Å²) in [5.74, 6) is -0.00369. The molecule has 0 aliphatic carbocycles. The first-order valence-corrected chi connectivity index (χ1v) is 7.95. The predicted molar refractivity (Wildman–Crippen MR) is 98.3 cm³/mol. The first-order valence-electron chi connectivity index (χ1n) is 7.57. The van der Waals surface area contributed by atoms with Gasteiger partial charge in [-0.05, 0) is 30.7 Å². The Morgan fingerprint density at radius 2 is 2.12 bits per heavy atom. The molecule has 0 saturated carbocycles. The minimum Gasteiger partial charge on any atom is -0.495 e. The van der Waals surface area contributed by atoms with E-state index >= 15 is 0 Å². The third-order valence-electron chi connectivity index (χ3n) is 3.41. The number of hydrogen-bond acceptors (Lipinski definition) is 4. The average Bonchev–Trinajstić information content (AvgIpc) is 2.59. The molecule has 6 heteroatoms. The molecular weight excluding hydrogens is 338 g/mol. The fraction of sp³-hybridized carbons (Fsp3) is 0.158. The number of carbonyl (C=O) groups is 1. The van der Waals surface area contributed by atoms with E-state index in [-0.39, 0.29) is 5.57 Å². The van der Waals surface area contributed by atoms with Crippen LogP contribution in [0.3, 0.4) is 0 Å². The Hall–Kier alpha value is -2.97. The van der Waals surface area contributed by atoms with Gasteiger partial charge in [0, 0.05) is 18.4 Å². The lowest BCUT2D eigenvalue weighted by atomic mass is 10.1. The number of aryl methyl sites for hydroxylation is 1. The van der Waals surface area contributed by atoms with E-state index in [0.29, 0.717) is 23.0 Å². The van der Waals surface area contributed by atoms with E-state index in [0.717, 1.165) is 11.1 Å². The Labute approximate surface area is 151 Å². The van der Waals surface area contributed by atoms with Crippen LogP contribution < -0.4 is 15.4 Å². The van der Waals surface area contributed by atoms with Crippen molar-refractivity contribution in [3.8, 4) is 11.8 Å². The molecule has 2 aromatic rings. The third-order valence-corrected chi connectivity index (χ3v) is 3.71. The lowest BCUT2D eigenvalue weighted by molar-refractivity contribution is -0.112. The van der Waals surface area contributed by atoms with Gasteiger partial charge in [-0.25, -0.2) is 0 Å². The average molecular weight is 356 g/mol. The van der Waals surface area contributed by atoms with Crippen LogP contribution in [-0.4, -0.2) is 13.0 Å². The minimum atomic E-state index is -0.513. The molecule has 0 aliphatic heterocycles. The predicted octanol–water partition coefficient (Wildman–Crippen LogP) is 3.79. The van der Waals surface area contributed by atoms with Gasteiger partial charge in [0.2, 0.25) is 0 Å². The normalized spacial score (nSPS) is 10.7. The molecule has 5 nitrogen and oxygen atoms in total. The van der Waals surface area contributed by atoms with Crippen molar-refractivity contribution in [3.05, 3.63) is 70.4 Å². The van der Waals surface area contributed by atoms with Crippen molar-refractivity contribution in [2.75, 3.05) is 12.4 Å². The van der Waals surface area contributed by atoms with Crippen LogP contribution in [0.15, 0.2) is 54.2 Å². The molecule has 128 valence electrons. The Balaban J connectivity index is 2.00. The molecule has 0 spiro atoms. The molecule has 1 amide bonds. The van der Waals surface area contributed by atoms with Gasteiger partial charge in [-0.2, -0.15) is 5.26 Å².